The molecule has 98 valence electrons. The van der Waals surface area contributed by atoms with Crippen molar-refractivity contribution in [1.29, 1.82) is 0 Å². The fraction of sp³-hybridized carbons (Fsp3) is 0.462. The van der Waals surface area contributed by atoms with Crippen LogP contribution in [-0.2, 0) is 4.79 Å². The third-order valence-electron chi connectivity index (χ3n) is 3.18. The Balaban J connectivity index is 2.03. The smallest absolute Gasteiger partial charge is 0.241 e. The van der Waals surface area contributed by atoms with Crippen LogP contribution in [0.1, 0.15) is 13.8 Å². The predicted molar refractivity (Wildman–Crippen MR) is 69.0 cm³/mol. The maximum Gasteiger partial charge on any atom is 0.241 e. The fourth-order valence-electron chi connectivity index (χ4n) is 1.70. The van der Waals surface area contributed by atoms with Crippen LogP contribution in [0.15, 0.2) is 18.2 Å². The summed E-state index contributed by atoms with van der Waals surface area (Å²) in [5.41, 5.74) is 0.723. The number of carbonyl (C=O) groups excluding carboxylic acids is 1. The molecule has 0 saturated carbocycles. The number of anilines is 1. The van der Waals surface area contributed by atoms with E-state index < -0.39 is 0 Å². The quantitative estimate of drug-likeness (QED) is 0.883. The number of rotatable bonds is 4. The molecular weight excluding hydrogens is 232 g/mol. The SMILES string of the molecule is CCN(C)[C@H](C)C(=O)Nc1ccc2c(c1)OCO2. The summed E-state index contributed by atoms with van der Waals surface area (Å²) in [6.45, 7) is 4.97. The van der Waals surface area contributed by atoms with Crippen LogP contribution in [-0.4, -0.2) is 37.2 Å². The second kappa shape index (κ2) is 5.27. The minimum atomic E-state index is -0.166. The number of benzene rings is 1. The third-order valence-corrected chi connectivity index (χ3v) is 3.18. The van der Waals surface area contributed by atoms with E-state index in [0.717, 1.165) is 12.2 Å². The third kappa shape index (κ3) is 2.56. The molecule has 2 rings (SSSR count). The summed E-state index contributed by atoms with van der Waals surface area (Å²) in [5, 5.41) is 2.87. The zero-order valence-electron chi connectivity index (χ0n) is 10.9. The standard InChI is InChI=1S/C13H18N2O3/c1-4-15(3)9(2)13(16)14-10-5-6-11-12(7-10)18-8-17-11/h5-7,9H,4,8H2,1-3H3,(H,14,16)/t9-/m1/s1. The summed E-state index contributed by atoms with van der Waals surface area (Å²) in [5.74, 6) is 1.36. The van der Waals surface area contributed by atoms with Crippen molar-refractivity contribution in [3.63, 3.8) is 0 Å². The molecule has 5 heteroatoms. The van der Waals surface area contributed by atoms with Crippen molar-refractivity contribution in [1.82, 2.24) is 4.90 Å². The number of carbonyl (C=O) groups is 1. The van der Waals surface area contributed by atoms with E-state index in [-0.39, 0.29) is 18.7 Å². The van der Waals surface area contributed by atoms with Gasteiger partial charge in [-0.15, -0.1) is 0 Å². The highest BCUT2D eigenvalue weighted by Crippen LogP contribution is 2.34. The maximum atomic E-state index is 12.0. The van der Waals surface area contributed by atoms with Gasteiger partial charge in [0.1, 0.15) is 0 Å². The average Bonchev–Trinajstić information content (AvgIpc) is 2.84. The zero-order chi connectivity index (χ0) is 13.1. The van der Waals surface area contributed by atoms with Gasteiger partial charge in [0.15, 0.2) is 11.5 Å². The summed E-state index contributed by atoms with van der Waals surface area (Å²) in [6, 6.07) is 5.22. The molecular formula is C13H18N2O3. The Morgan fingerprint density at radius 2 is 2.17 bits per heavy atom. The second-order valence-electron chi connectivity index (χ2n) is 4.31. The van der Waals surface area contributed by atoms with Gasteiger partial charge in [-0.05, 0) is 32.6 Å². The van der Waals surface area contributed by atoms with Gasteiger partial charge in [-0.1, -0.05) is 6.92 Å². The molecule has 1 aromatic carbocycles. The first kappa shape index (κ1) is 12.7. The Morgan fingerprint density at radius 1 is 1.44 bits per heavy atom. The molecule has 1 aliphatic rings. The van der Waals surface area contributed by atoms with E-state index in [4.69, 9.17) is 9.47 Å². The first-order chi connectivity index (χ1) is 8.61. The number of likely N-dealkylation sites (N-methyl/N-ethyl adjacent to an activating group) is 1. The van der Waals surface area contributed by atoms with Gasteiger partial charge in [0.05, 0.1) is 6.04 Å². The van der Waals surface area contributed by atoms with Crippen LogP contribution in [0.3, 0.4) is 0 Å². The van der Waals surface area contributed by atoms with Gasteiger partial charge in [0.2, 0.25) is 12.7 Å². The van der Waals surface area contributed by atoms with Crippen LogP contribution in [0.4, 0.5) is 5.69 Å². The summed E-state index contributed by atoms with van der Waals surface area (Å²) < 4.78 is 10.5. The van der Waals surface area contributed by atoms with E-state index in [1.54, 1.807) is 12.1 Å². The number of hydrogen-bond acceptors (Lipinski definition) is 4. The van der Waals surface area contributed by atoms with Gasteiger partial charge >= 0.3 is 0 Å². The molecule has 0 aromatic heterocycles. The molecule has 0 fully saturated rings. The molecule has 1 atom stereocenters. The summed E-state index contributed by atoms with van der Waals surface area (Å²) in [4.78, 5) is 14.0. The molecule has 18 heavy (non-hydrogen) atoms. The molecule has 1 amide bonds. The molecule has 1 N–H and O–H groups in total. The Kier molecular flexibility index (Phi) is 3.72. The van der Waals surface area contributed by atoms with Crippen molar-refractivity contribution < 1.29 is 14.3 Å². The van der Waals surface area contributed by atoms with E-state index in [2.05, 4.69) is 5.32 Å². The molecule has 0 aliphatic carbocycles. The molecule has 0 radical (unpaired) electrons. The molecule has 1 heterocycles. The molecule has 1 aliphatic heterocycles. The first-order valence-corrected chi connectivity index (χ1v) is 6.02. The van der Waals surface area contributed by atoms with E-state index in [1.165, 1.54) is 0 Å². The number of nitrogens with zero attached hydrogens (tertiary/aromatic N) is 1. The first-order valence-electron chi connectivity index (χ1n) is 6.02. The number of fused-ring (bicyclic) bond motifs is 1. The van der Waals surface area contributed by atoms with Crippen molar-refractivity contribution in [2.75, 3.05) is 25.7 Å². The predicted octanol–water partition coefficient (Wildman–Crippen LogP) is 1.69. The van der Waals surface area contributed by atoms with Gasteiger partial charge in [0, 0.05) is 11.8 Å². The molecule has 0 saturated heterocycles. The van der Waals surface area contributed by atoms with Gasteiger partial charge in [-0.2, -0.15) is 0 Å². The van der Waals surface area contributed by atoms with Crippen LogP contribution in [0.25, 0.3) is 0 Å². The van der Waals surface area contributed by atoms with E-state index in [0.29, 0.717) is 11.5 Å². The highest BCUT2D eigenvalue weighted by molar-refractivity contribution is 5.94. The van der Waals surface area contributed by atoms with Crippen molar-refractivity contribution in [2.24, 2.45) is 0 Å². The van der Waals surface area contributed by atoms with Gasteiger partial charge < -0.3 is 14.8 Å². The van der Waals surface area contributed by atoms with Crippen LogP contribution in [0, 0.1) is 0 Å². The van der Waals surface area contributed by atoms with Crippen molar-refractivity contribution in [3.8, 4) is 11.5 Å². The number of ether oxygens (including phenoxy) is 2. The largest absolute Gasteiger partial charge is 0.454 e. The minimum absolute atomic E-state index is 0.0294. The topological polar surface area (TPSA) is 50.8 Å². The Bertz CT molecular complexity index is 448. The summed E-state index contributed by atoms with van der Waals surface area (Å²) in [6.07, 6.45) is 0. The monoisotopic (exact) mass is 250 g/mol. The molecule has 5 nitrogen and oxygen atoms in total. The molecule has 0 spiro atoms. The van der Waals surface area contributed by atoms with Crippen LogP contribution in [0.5, 0.6) is 11.5 Å². The lowest BCUT2D eigenvalue weighted by Crippen LogP contribution is -2.39. The normalized spacial score (nSPS) is 14.7. The maximum absolute atomic E-state index is 12.0. The number of hydrogen-bond donors (Lipinski definition) is 1. The highest BCUT2D eigenvalue weighted by atomic mass is 16.7. The Hall–Kier alpha value is -1.75. The average molecular weight is 250 g/mol. The lowest BCUT2D eigenvalue weighted by molar-refractivity contribution is -0.120. The zero-order valence-corrected chi connectivity index (χ0v) is 10.9. The van der Waals surface area contributed by atoms with E-state index >= 15 is 0 Å². The van der Waals surface area contributed by atoms with E-state index in [1.807, 2.05) is 31.9 Å². The lowest BCUT2D eigenvalue weighted by Gasteiger charge is -2.22. The van der Waals surface area contributed by atoms with Gasteiger partial charge in [-0.25, -0.2) is 0 Å². The Morgan fingerprint density at radius 3 is 2.89 bits per heavy atom. The van der Waals surface area contributed by atoms with E-state index in [9.17, 15) is 4.79 Å². The highest BCUT2D eigenvalue weighted by Gasteiger charge is 2.18. The molecule has 0 bridgehead atoms. The van der Waals surface area contributed by atoms with Crippen LogP contribution >= 0.6 is 0 Å². The minimum Gasteiger partial charge on any atom is -0.454 e. The van der Waals surface area contributed by atoms with Crippen molar-refractivity contribution in [2.45, 2.75) is 19.9 Å². The fourth-order valence-corrected chi connectivity index (χ4v) is 1.70. The summed E-state index contributed by atoms with van der Waals surface area (Å²) >= 11 is 0. The Labute approximate surface area is 107 Å². The number of amides is 1. The van der Waals surface area contributed by atoms with Crippen molar-refractivity contribution >= 4 is 11.6 Å². The van der Waals surface area contributed by atoms with Gasteiger partial charge in [0.25, 0.3) is 0 Å². The lowest BCUT2D eigenvalue weighted by atomic mass is 10.2. The molecule has 0 unspecified atom stereocenters. The van der Waals surface area contributed by atoms with Crippen LogP contribution in [0.2, 0.25) is 0 Å². The van der Waals surface area contributed by atoms with Gasteiger partial charge in [-0.3, -0.25) is 9.69 Å². The second-order valence-corrected chi connectivity index (χ2v) is 4.31. The van der Waals surface area contributed by atoms with Crippen molar-refractivity contribution in [3.05, 3.63) is 18.2 Å². The number of nitrogens with one attached hydrogen (secondary N) is 1. The molecule has 1 aromatic rings. The summed E-state index contributed by atoms with van der Waals surface area (Å²) in [7, 11) is 1.92. The van der Waals surface area contributed by atoms with Crippen LogP contribution < -0.4 is 14.8 Å².